The minimum absolute atomic E-state index is 0.215. The minimum Gasteiger partial charge on any atom is -0.497 e. The highest BCUT2D eigenvalue weighted by atomic mass is 32.1. The molecule has 0 aliphatic carbocycles. The van der Waals surface area contributed by atoms with Gasteiger partial charge in [0.2, 0.25) is 0 Å². The maximum Gasteiger partial charge on any atom is 0.266 e. The van der Waals surface area contributed by atoms with Gasteiger partial charge in [0.1, 0.15) is 10.6 Å². The maximum atomic E-state index is 12.6. The highest BCUT2D eigenvalue weighted by Gasteiger charge is 2.16. The molecule has 0 bridgehead atoms. The van der Waals surface area contributed by atoms with Gasteiger partial charge in [-0.1, -0.05) is 11.3 Å². The summed E-state index contributed by atoms with van der Waals surface area (Å²) in [6, 6.07) is 14.4. The molecule has 0 saturated carbocycles. The molecule has 1 N–H and O–H groups in total. The van der Waals surface area contributed by atoms with Crippen molar-refractivity contribution in [3.63, 3.8) is 0 Å². The number of aryl methyl sites for hydroxylation is 1. The summed E-state index contributed by atoms with van der Waals surface area (Å²) in [7, 11) is 1.61. The summed E-state index contributed by atoms with van der Waals surface area (Å²) >= 11 is 1.32. The Morgan fingerprint density at radius 2 is 1.87 bits per heavy atom. The standard InChI is InChI=1S/C22H21N5O3S/c1-15-20(31-22(24-15)26-12-3-4-13-26)21(29)23-11-14-27-19(28)10-9-18(25-27)16-5-7-17(30-2)8-6-16/h3-10,12-13H,11,14H2,1-2H3,(H,23,29). The summed E-state index contributed by atoms with van der Waals surface area (Å²) in [5.41, 5.74) is 1.98. The molecule has 1 amide bonds. The zero-order chi connectivity index (χ0) is 21.8. The predicted molar refractivity (Wildman–Crippen MR) is 119 cm³/mol. The SMILES string of the molecule is COc1ccc(-c2ccc(=O)n(CCNC(=O)c3sc(-n4cccc4)nc3C)n2)cc1. The van der Waals surface area contributed by atoms with E-state index in [4.69, 9.17) is 4.74 Å². The number of carbonyl (C=O) groups is 1. The van der Waals surface area contributed by atoms with Gasteiger partial charge in [0.25, 0.3) is 11.5 Å². The first-order valence-corrected chi connectivity index (χ1v) is 10.5. The van der Waals surface area contributed by atoms with Crippen LogP contribution in [0.4, 0.5) is 0 Å². The van der Waals surface area contributed by atoms with Gasteiger partial charge in [0.05, 0.1) is 25.0 Å². The fourth-order valence-electron chi connectivity index (χ4n) is 3.05. The molecule has 0 spiro atoms. The second-order valence-corrected chi connectivity index (χ2v) is 7.74. The van der Waals surface area contributed by atoms with Crippen LogP contribution in [0.1, 0.15) is 15.4 Å². The lowest BCUT2D eigenvalue weighted by Gasteiger charge is -2.09. The van der Waals surface area contributed by atoms with E-state index in [2.05, 4.69) is 15.4 Å². The number of ether oxygens (including phenoxy) is 1. The number of nitrogens with one attached hydrogen (secondary N) is 1. The Kier molecular flexibility index (Phi) is 5.94. The Hall–Kier alpha value is -3.72. The lowest BCUT2D eigenvalue weighted by Crippen LogP contribution is -2.31. The maximum absolute atomic E-state index is 12.6. The number of methoxy groups -OCH3 is 1. The zero-order valence-electron chi connectivity index (χ0n) is 17.1. The van der Waals surface area contributed by atoms with Crippen molar-refractivity contribution >= 4 is 17.2 Å². The molecule has 0 fully saturated rings. The molecule has 31 heavy (non-hydrogen) atoms. The Morgan fingerprint density at radius 1 is 1.13 bits per heavy atom. The Morgan fingerprint density at radius 3 is 2.58 bits per heavy atom. The van der Waals surface area contributed by atoms with Crippen LogP contribution in [0.3, 0.4) is 0 Å². The van der Waals surface area contributed by atoms with E-state index in [-0.39, 0.29) is 24.6 Å². The molecule has 0 aliphatic rings. The van der Waals surface area contributed by atoms with E-state index in [9.17, 15) is 9.59 Å². The van der Waals surface area contributed by atoms with Crippen LogP contribution >= 0.6 is 11.3 Å². The first-order valence-electron chi connectivity index (χ1n) is 9.67. The molecule has 8 nitrogen and oxygen atoms in total. The second kappa shape index (κ2) is 8.97. The van der Waals surface area contributed by atoms with Crippen LogP contribution in [-0.4, -0.2) is 38.9 Å². The van der Waals surface area contributed by atoms with E-state index < -0.39 is 0 Å². The van der Waals surface area contributed by atoms with Crippen LogP contribution in [-0.2, 0) is 6.54 Å². The number of thiazole rings is 1. The van der Waals surface area contributed by atoms with Gasteiger partial charge in [-0.05, 0) is 49.4 Å². The molecule has 4 aromatic rings. The van der Waals surface area contributed by atoms with Gasteiger partial charge in [0.15, 0.2) is 5.13 Å². The van der Waals surface area contributed by atoms with Crippen molar-refractivity contribution < 1.29 is 9.53 Å². The summed E-state index contributed by atoms with van der Waals surface area (Å²) in [5, 5.41) is 8.01. The van der Waals surface area contributed by atoms with Crippen LogP contribution in [0.25, 0.3) is 16.4 Å². The van der Waals surface area contributed by atoms with Crippen LogP contribution < -0.4 is 15.6 Å². The topological polar surface area (TPSA) is 91.0 Å². The highest BCUT2D eigenvalue weighted by Crippen LogP contribution is 2.22. The smallest absolute Gasteiger partial charge is 0.266 e. The number of rotatable bonds is 7. The summed E-state index contributed by atoms with van der Waals surface area (Å²) in [4.78, 5) is 29.8. The lowest BCUT2D eigenvalue weighted by molar-refractivity contribution is 0.0955. The number of aromatic nitrogens is 4. The summed E-state index contributed by atoms with van der Waals surface area (Å²) in [5.74, 6) is 0.533. The van der Waals surface area contributed by atoms with Gasteiger partial charge in [-0.15, -0.1) is 0 Å². The van der Waals surface area contributed by atoms with Crippen molar-refractivity contribution in [2.24, 2.45) is 0 Å². The van der Waals surface area contributed by atoms with Crippen molar-refractivity contribution in [1.82, 2.24) is 24.6 Å². The zero-order valence-corrected chi connectivity index (χ0v) is 17.9. The van der Waals surface area contributed by atoms with Crippen molar-refractivity contribution in [3.8, 4) is 22.1 Å². The van der Waals surface area contributed by atoms with Crippen LogP contribution in [0, 0.1) is 6.92 Å². The molecular weight excluding hydrogens is 414 g/mol. The Bertz CT molecular complexity index is 1240. The van der Waals surface area contributed by atoms with E-state index in [1.807, 2.05) is 60.3 Å². The molecule has 1 aromatic carbocycles. The van der Waals surface area contributed by atoms with Crippen LogP contribution in [0.5, 0.6) is 5.75 Å². The molecule has 0 unspecified atom stereocenters. The van der Waals surface area contributed by atoms with E-state index in [1.165, 1.54) is 22.1 Å². The van der Waals surface area contributed by atoms with Crippen molar-refractivity contribution in [2.45, 2.75) is 13.5 Å². The molecule has 3 heterocycles. The predicted octanol–water partition coefficient (Wildman–Crippen LogP) is 2.90. The van der Waals surface area contributed by atoms with Gasteiger partial charge in [-0.2, -0.15) is 5.10 Å². The van der Waals surface area contributed by atoms with Crippen molar-refractivity contribution in [2.75, 3.05) is 13.7 Å². The van der Waals surface area contributed by atoms with E-state index in [1.54, 1.807) is 13.2 Å². The van der Waals surface area contributed by atoms with Gasteiger partial charge in [0, 0.05) is 30.6 Å². The monoisotopic (exact) mass is 435 g/mol. The number of hydrogen-bond donors (Lipinski definition) is 1. The summed E-state index contributed by atoms with van der Waals surface area (Å²) < 4.78 is 8.39. The average Bonchev–Trinajstić information content (AvgIpc) is 3.45. The molecule has 0 radical (unpaired) electrons. The fraction of sp³-hybridized carbons (Fsp3) is 0.182. The highest BCUT2D eigenvalue weighted by molar-refractivity contribution is 7.16. The van der Waals surface area contributed by atoms with Crippen LogP contribution in [0.15, 0.2) is 65.7 Å². The second-order valence-electron chi connectivity index (χ2n) is 6.77. The third-order valence-corrected chi connectivity index (χ3v) is 5.85. The number of nitrogens with zero attached hydrogens (tertiary/aromatic N) is 4. The lowest BCUT2D eigenvalue weighted by atomic mass is 10.1. The van der Waals surface area contributed by atoms with Gasteiger partial charge in [-0.3, -0.25) is 9.59 Å². The molecule has 9 heteroatoms. The Balaban J connectivity index is 1.42. The van der Waals surface area contributed by atoms with Gasteiger partial charge in [-0.25, -0.2) is 9.67 Å². The molecule has 4 rings (SSSR count). The largest absolute Gasteiger partial charge is 0.497 e. The third kappa shape index (κ3) is 4.56. The summed E-state index contributed by atoms with van der Waals surface area (Å²) in [6.07, 6.45) is 3.77. The number of benzene rings is 1. The normalized spacial score (nSPS) is 10.8. The van der Waals surface area contributed by atoms with Crippen molar-refractivity contribution in [3.05, 3.63) is 81.8 Å². The average molecular weight is 436 g/mol. The van der Waals surface area contributed by atoms with Crippen molar-refractivity contribution in [1.29, 1.82) is 0 Å². The van der Waals surface area contributed by atoms with E-state index >= 15 is 0 Å². The van der Waals surface area contributed by atoms with E-state index in [0.717, 1.165) is 16.4 Å². The third-order valence-electron chi connectivity index (χ3n) is 4.68. The van der Waals surface area contributed by atoms with Gasteiger partial charge >= 0.3 is 0 Å². The van der Waals surface area contributed by atoms with E-state index in [0.29, 0.717) is 16.3 Å². The Labute approximate surface area is 182 Å². The molecular formula is C22H21N5O3S. The number of carbonyl (C=O) groups excluding carboxylic acids is 1. The minimum atomic E-state index is -0.227. The molecule has 0 atom stereocenters. The number of hydrogen-bond acceptors (Lipinski definition) is 6. The molecule has 0 saturated heterocycles. The fourth-order valence-corrected chi connectivity index (χ4v) is 4.00. The quantitative estimate of drug-likeness (QED) is 0.482. The van der Waals surface area contributed by atoms with Crippen LogP contribution in [0.2, 0.25) is 0 Å². The van der Waals surface area contributed by atoms with Gasteiger partial charge < -0.3 is 14.6 Å². The summed E-state index contributed by atoms with van der Waals surface area (Å²) in [6.45, 7) is 2.34. The number of amides is 1. The first kappa shape index (κ1) is 20.5. The first-order chi connectivity index (χ1) is 15.0. The molecule has 0 aliphatic heterocycles. The molecule has 158 valence electrons. The molecule has 3 aromatic heterocycles.